The van der Waals surface area contributed by atoms with Crippen molar-refractivity contribution in [3.63, 3.8) is 0 Å². The first-order chi connectivity index (χ1) is 14.5. The maximum Gasteiger partial charge on any atom is 0.249 e. The molecule has 4 aromatic rings. The minimum Gasteiger partial charge on any atom is -0.479 e. The molecule has 0 aromatic carbocycles. The third-order valence-electron chi connectivity index (χ3n) is 4.96. The zero-order chi connectivity index (χ0) is 21.3. The van der Waals surface area contributed by atoms with E-state index in [0.717, 1.165) is 27.9 Å². The first-order valence-electron chi connectivity index (χ1n) is 9.48. The Labute approximate surface area is 172 Å². The quantitative estimate of drug-likeness (QED) is 0.504. The highest BCUT2D eigenvalue weighted by Crippen LogP contribution is 2.30. The normalized spacial score (nSPS) is 11.1. The Bertz CT molecular complexity index is 1210. The molecule has 10 nitrogen and oxygen atoms in total. The lowest BCUT2D eigenvalue weighted by atomic mass is 10.00. The molecule has 4 rings (SSSR count). The summed E-state index contributed by atoms with van der Waals surface area (Å²) in [5.74, 6) is 1.07. The Morgan fingerprint density at radius 2 is 2.10 bits per heavy atom. The maximum atomic E-state index is 12.5. The van der Waals surface area contributed by atoms with Crippen LogP contribution in [-0.2, 0) is 18.3 Å². The number of ether oxygens (including phenoxy) is 1. The number of carbonyl (C=O) groups excluding carboxylic acids is 1. The Hall–Kier alpha value is -3.82. The third-order valence-corrected chi connectivity index (χ3v) is 4.96. The summed E-state index contributed by atoms with van der Waals surface area (Å²) in [5, 5.41) is 14.8. The Morgan fingerprint density at radius 1 is 1.27 bits per heavy atom. The number of hydrogen-bond donors (Lipinski definition) is 2. The van der Waals surface area contributed by atoms with Crippen molar-refractivity contribution >= 4 is 22.9 Å². The van der Waals surface area contributed by atoms with E-state index in [-0.39, 0.29) is 18.3 Å². The van der Waals surface area contributed by atoms with Gasteiger partial charge in [0.2, 0.25) is 17.7 Å². The van der Waals surface area contributed by atoms with Gasteiger partial charge in [-0.3, -0.25) is 20.2 Å². The molecule has 0 saturated heterocycles. The number of fused-ring (bicyclic) bond motifs is 1. The van der Waals surface area contributed by atoms with Crippen molar-refractivity contribution in [2.24, 2.45) is 7.05 Å². The number of aromatic amines is 1. The van der Waals surface area contributed by atoms with Gasteiger partial charge >= 0.3 is 0 Å². The van der Waals surface area contributed by atoms with Gasteiger partial charge in [0.25, 0.3) is 0 Å². The van der Waals surface area contributed by atoms with Gasteiger partial charge in [-0.05, 0) is 43.5 Å². The average Bonchev–Trinajstić information content (AvgIpc) is 3.33. The minimum absolute atomic E-state index is 0.182. The number of aromatic nitrogens is 7. The smallest absolute Gasteiger partial charge is 0.249 e. The van der Waals surface area contributed by atoms with Gasteiger partial charge in [0.15, 0.2) is 11.5 Å². The maximum absolute atomic E-state index is 12.5. The number of H-pyrrole nitrogens is 1. The highest BCUT2D eigenvalue weighted by molar-refractivity contribution is 5.90. The minimum atomic E-state index is -0.182. The number of rotatable bonds is 6. The number of carbonyl (C=O) groups is 1. The van der Waals surface area contributed by atoms with E-state index in [1.54, 1.807) is 18.0 Å². The summed E-state index contributed by atoms with van der Waals surface area (Å²) in [6.07, 6.45) is 2.47. The summed E-state index contributed by atoms with van der Waals surface area (Å²) in [6.45, 7) is 3.94. The van der Waals surface area contributed by atoms with Crippen LogP contribution in [-0.4, -0.2) is 47.9 Å². The fraction of sp³-hybridized carbons (Fsp3) is 0.300. The first-order valence-corrected chi connectivity index (χ1v) is 9.48. The second-order valence-electron chi connectivity index (χ2n) is 6.90. The predicted molar refractivity (Wildman–Crippen MR) is 111 cm³/mol. The molecule has 154 valence electrons. The van der Waals surface area contributed by atoms with Crippen LogP contribution in [0.5, 0.6) is 5.88 Å². The van der Waals surface area contributed by atoms with Crippen LogP contribution in [0.3, 0.4) is 0 Å². The lowest BCUT2D eigenvalue weighted by Gasteiger charge is -2.11. The van der Waals surface area contributed by atoms with Gasteiger partial charge in [-0.2, -0.15) is 4.98 Å². The number of hydrogen-bond acceptors (Lipinski definition) is 7. The van der Waals surface area contributed by atoms with E-state index in [0.29, 0.717) is 23.8 Å². The molecule has 4 aromatic heterocycles. The second kappa shape index (κ2) is 7.90. The summed E-state index contributed by atoms with van der Waals surface area (Å²) in [7, 11) is 3.42. The fourth-order valence-electron chi connectivity index (χ4n) is 3.47. The average molecular weight is 406 g/mol. The van der Waals surface area contributed by atoms with E-state index in [9.17, 15) is 4.79 Å². The molecule has 1 amide bonds. The summed E-state index contributed by atoms with van der Waals surface area (Å²) in [6, 6.07) is 5.49. The number of pyridine rings is 2. The standard InChI is InChI=1S/C20H22N8O2/c1-11-13(12(2)22-18-16(11)19(30-4)27-28(18)3)8-9-15(29)23-20-24-17(25-26-20)14-7-5-6-10-21-14/h5-7,10H,8-9H2,1-4H3,(H2,23,24,25,26,29). The van der Waals surface area contributed by atoms with Gasteiger partial charge in [-0.15, -0.1) is 10.2 Å². The highest BCUT2D eigenvalue weighted by atomic mass is 16.5. The topological polar surface area (TPSA) is 124 Å². The van der Waals surface area contributed by atoms with E-state index >= 15 is 0 Å². The highest BCUT2D eigenvalue weighted by Gasteiger charge is 2.19. The van der Waals surface area contributed by atoms with Crippen molar-refractivity contribution in [3.8, 4) is 17.4 Å². The zero-order valence-corrected chi connectivity index (χ0v) is 17.2. The third kappa shape index (κ3) is 3.59. The Kier molecular flexibility index (Phi) is 5.13. The number of amides is 1. The van der Waals surface area contributed by atoms with Crippen molar-refractivity contribution in [3.05, 3.63) is 41.2 Å². The lowest BCUT2D eigenvalue weighted by molar-refractivity contribution is -0.116. The molecule has 0 saturated carbocycles. The summed E-state index contributed by atoms with van der Waals surface area (Å²) >= 11 is 0. The van der Waals surface area contributed by atoms with Gasteiger partial charge in [0.1, 0.15) is 5.69 Å². The SMILES string of the molecule is COc1nn(C)c2nc(C)c(CCC(=O)Nc3n[nH]c(-c4ccccn4)n3)c(C)c12. The van der Waals surface area contributed by atoms with Crippen molar-refractivity contribution in [2.75, 3.05) is 12.4 Å². The molecular formula is C20H22N8O2. The van der Waals surface area contributed by atoms with Gasteiger partial charge in [0.05, 0.1) is 12.5 Å². The lowest BCUT2D eigenvalue weighted by Crippen LogP contribution is -2.14. The van der Waals surface area contributed by atoms with Crippen LogP contribution in [0, 0.1) is 13.8 Å². The van der Waals surface area contributed by atoms with Crippen LogP contribution in [0.1, 0.15) is 23.2 Å². The van der Waals surface area contributed by atoms with E-state index < -0.39 is 0 Å². The molecule has 30 heavy (non-hydrogen) atoms. The molecule has 0 aliphatic carbocycles. The molecule has 0 unspecified atom stereocenters. The molecular weight excluding hydrogens is 384 g/mol. The Balaban J connectivity index is 1.48. The van der Waals surface area contributed by atoms with Crippen molar-refractivity contribution in [2.45, 2.75) is 26.7 Å². The molecule has 4 heterocycles. The summed E-state index contributed by atoms with van der Waals surface area (Å²) in [4.78, 5) is 25.6. The fourth-order valence-corrected chi connectivity index (χ4v) is 3.47. The van der Waals surface area contributed by atoms with Crippen LogP contribution in [0.25, 0.3) is 22.6 Å². The first kappa shape index (κ1) is 19.5. The number of aryl methyl sites for hydroxylation is 3. The monoisotopic (exact) mass is 406 g/mol. The molecule has 0 fully saturated rings. The summed E-state index contributed by atoms with van der Waals surface area (Å²) in [5.41, 5.74) is 4.31. The van der Waals surface area contributed by atoms with Crippen molar-refractivity contribution < 1.29 is 9.53 Å². The van der Waals surface area contributed by atoms with E-state index in [4.69, 9.17) is 4.74 Å². The number of nitrogens with zero attached hydrogens (tertiary/aromatic N) is 6. The van der Waals surface area contributed by atoms with E-state index in [2.05, 4.69) is 35.6 Å². The number of anilines is 1. The Morgan fingerprint density at radius 3 is 2.83 bits per heavy atom. The molecule has 2 N–H and O–H groups in total. The second-order valence-corrected chi connectivity index (χ2v) is 6.90. The zero-order valence-electron chi connectivity index (χ0n) is 17.2. The van der Waals surface area contributed by atoms with E-state index in [1.807, 2.05) is 39.1 Å². The van der Waals surface area contributed by atoms with Crippen LogP contribution >= 0.6 is 0 Å². The molecule has 0 aliphatic rings. The van der Waals surface area contributed by atoms with Crippen LogP contribution < -0.4 is 10.1 Å². The predicted octanol–water partition coefficient (Wildman–Crippen LogP) is 2.35. The van der Waals surface area contributed by atoms with E-state index in [1.165, 1.54) is 0 Å². The van der Waals surface area contributed by atoms with Crippen molar-refractivity contribution in [1.29, 1.82) is 0 Å². The van der Waals surface area contributed by atoms with Gasteiger partial charge in [-0.25, -0.2) is 9.67 Å². The van der Waals surface area contributed by atoms with Gasteiger partial charge < -0.3 is 4.74 Å². The molecule has 0 radical (unpaired) electrons. The number of methoxy groups -OCH3 is 1. The van der Waals surface area contributed by atoms with Crippen LogP contribution in [0.2, 0.25) is 0 Å². The molecule has 0 spiro atoms. The van der Waals surface area contributed by atoms with Gasteiger partial charge in [0, 0.05) is 25.4 Å². The number of nitrogens with one attached hydrogen (secondary N) is 2. The molecule has 0 bridgehead atoms. The van der Waals surface area contributed by atoms with Crippen LogP contribution in [0.15, 0.2) is 24.4 Å². The van der Waals surface area contributed by atoms with Gasteiger partial charge in [-0.1, -0.05) is 6.07 Å². The van der Waals surface area contributed by atoms with Crippen molar-refractivity contribution in [1.82, 2.24) is 34.9 Å². The van der Waals surface area contributed by atoms with Crippen LogP contribution in [0.4, 0.5) is 5.95 Å². The summed E-state index contributed by atoms with van der Waals surface area (Å²) < 4.78 is 7.09. The molecule has 10 heteroatoms. The molecule has 0 atom stereocenters. The largest absolute Gasteiger partial charge is 0.479 e. The molecule has 0 aliphatic heterocycles.